The molecule has 0 amide bonds. The molecule has 0 aromatic heterocycles. The number of ether oxygens (including phenoxy) is 3. The number of methoxy groups -OCH3 is 3. The molecule has 0 aliphatic carbocycles. The van der Waals surface area contributed by atoms with E-state index in [1.165, 1.54) is 43.8 Å². The molecule has 0 aliphatic rings. The molecule has 6 nitrogen and oxygen atoms in total. The lowest BCUT2D eigenvalue weighted by atomic mass is 10.1. The summed E-state index contributed by atoms with van der Waals surface area (Å²) in [7, 11) is 0.253. The Hall–Kier alpha value is -3.26. The van der Waals surface area contributed by atoms with Crippen molar-refractivity contribution in [1.29, 1.82) is 0 Å². The molecular weight excluding hydrogens is 421 g/mol. The van der Waals surface area contributed by atoms with Crippen molar-refractivity contribution in [3.05, 3.63) is 78.1 Å². The van der Waals surface area contributed by atoms with Crippen LogP contribution in [0.2, 0.25) is 0 Å². The minimum Gasteiger partial charge on any atom is -0.497 e. The van der Waals surface area contributed by atoms with Crippen molar-refractivity contribution in [2.24, 2.45) is 0 Å². The van der Waals surface area contributed by atoms with E-state index in [2.05, 4.69) is 0 Å². The molecule has 0 aliphatic heterocycles. The number of sulfonamides is 1. The van der Waals surface area contributed by atoms with Crippen LogP contribution in [0.4, 0.5) is 10.1 Å². The van der Waals surface area contributed by atoms with E-state index < -0.39 is 26.8 Å². The Kier molecular flexibility index (Phi) is 6.70. The van der Waals surface area contributed by atoms with Crippen LogP contribution in [0, 0.1) is 5.82 Å². The van der Waals surface area contributed by atoms with Crippen LogP contribution in [-0.4, -0.2) is 29.7 Å². The number of hydrogen-bond donors (Lipinski definition) is 0. The summed E-state index contributed by atoms with van der Waals surface area (Å²) in [6.45, 7) is 1.72. The summed E-state index contributed by atoms with van der Waals surface area (Å²) in [6, 6.07) is 16.4. The number of benzene rings is 3. The van der Waals surface area contributed by atoms with Crippen molar-refractivity contribution >= 4 is 15.7 Å². The van der Waals surface area contributed by atoms with Gasteiger partial charge in [-0.2, -0.15) is 0 Å². The average Bonchev–Trinajstić information content (AvgIpc) is 2.78. The van der Waals surface area contributed by atoms with E-state index in [9.17, 15) is 12.8 Å². The summed E-state index contributed by atoms with van der Waals surface area (Å²) in [6.07, 6.45) is 0. The van der Waals surface area contributed by atoms with E-state index in [0.29, 0.717) is 28.5 Å². The molecule has 3 aromatic rings. The maximum absolute atomic E-state index is 14.5. The fourth-order valence-corrected chi connectivity index (χ4v) is 5.03. The van der Waals surface area contributed by atoms with Crippen LogP contribution in [0.15, 0.2) is 71.6 Å². The average molecular weight is 446 g/mol. The Morgan fingerprint density at radius 1 is 0.839 bits per heavy atom. The zero-order valence-corrected chi connectivity index (χ0v) is 18.5. The summed E-state index contributed by atoms with van der Waals surface area (Å²) >= 11 is 0. The van der Waals surface area contributed by atoms with Gasteiger partial charge >= 0.3 is 0 Å². The van der Waals surface area contributed by atoms with Gasteiger partial charge in [0.1, 0.15) is 16.5 Å². The largest absolute Gasteiger partial charge is 0.497 e. The van der Waals surface area contributed by atoms with Gasteiger partial charge in [0.05, 0.1) is 33.1 Å². The standard InChI is InChI=1S/C23H24FNO5S/c1-16(17-12-13-21(29-3)22(14-17)30-4)25(18-8-7-9-19(15-18)28-2)31(26,27)23-11-6-5-10-20(23)24/h5-16H,1-4H3. The molecule has 0 saturated carbocycles. The van der Waals surface area contributed by atoms with Gasteiger partial charge in [-0.25, -0.2) is 12.8 Å². The van der Waals surface area contributed by atoms with Gasteiger partial charge in [0.15, 0.2) is 11.5 Å². The number of hydrogen-bond acceptors (Lipinski definition) is 5. The Bertz CT molecular complexity index is 1170. The van der Waals surface area contributed by atoms with E-state index in [1.54, 1.807) is 49.4 Å². The van der Waals surface area contributed by atoms with Crippen LogP contribution in [0.3, 0.4) is 0 Å². The quantitative estimate of drug-likeness (QED) is 0.498. The first-order chi connectivity index (χ1) is 14.8. The molecule has 0 N–H and O–H groups in total. The smallest absolute Gasteiger partial charge is 0.267 e. The number of halogens is 1. The SMILES string of the molecule is COc1cccc(N(C(C)c2ccc(OC)c(OC)c2)S(=O)(=O)c2ccccc2F)c1. The predicted octanol–water partition coefficient (Wildman–Crippen LogP) is 4.81. The Morgan fingerprint density at radius 2 is 1.55 bits per heavy atom. The van der Waals surface area contributed by atoms with Crippen molar-refractivity contribution < 1.29 is 27.0 Å². The van der Waals surface area contributed by atoms with Crippen molar-refractivity contribution in [2.75, 3.05) is 25.6 Å². The third-order valence-corrected chi connectivity index (χ3v) is 6.85. The van der Waals surface area contributed by atoms with E-state index in [4.69, 9.17) is 14.2 Å². The van der Waals surface area contributed by atoms with Gasteiger partial charge in [-0.1, -0.05) is 24.3 Å². The highest BCUT2D eigenvalue weighted by Crippen LogP contribution is 2.38. The molecule has 0 fully saturated rings. The molecule has 164 valence electrons. The van der Waals surface area contributed by atoms with Gasteiger partial charge in [-0.05, 0) is 48.9 Å². The van der Waals surface area contributed by atoms with Crippen LogP contribution in [0.1, 0.15) is 18.5 Å². The lowest BCUT2D eigenvalue weighted by Gasteiger charge is -2.31. The van der Waals surface area contributed by atoms with E-state index in [0.717, 1.165) is 6.07 Å². The Labute approximate surface area is 181 Å². The molecule has 0 heterocycles. The summed E-state index contributed by atoms with van der Waals surface area (Å²) < 4.78 is 58.9. The molecule has 1 unspecified atom stereocenters. The zero-order valence-electron chi connectivity index (χ0n) is 17.7. The van der Waals surface area contributed by atoms with Crippen molar-refractivity contribution in [3.8, 4) is 17.2 Å². The molecule has 3 aromatic carbocycles. The van der Waals surface area contributed by atoms with Crippen molar-refractivity contribution in [1.82, 2.24) is 0 Å². The van der Waals surface area contributed by atoms with Crippen molar-refractivity contribution in [2.45, 2.75) is 17.9 Å². The number of nitrogens with zero attached hydrogens (tertiary/aromatic N) is 1. The van der Waals surface area contributed by atoms with Crippen LogP contribution >= 0.6 is 0 Å². The fourth-order valence-electron chi connectivity index (χ4n) is 3.33. The van der Waals surface area contributed by atoms with Crippen LogP contribution in [-0.2, 0) is 10.0 Å². The molecule has 0 bridgehead atoms. The van der Waals surface area contributed by atoms with Crippen LogP contribution in [0.25, 0.3) is 0 Å². The molecule has 8 heteroatoms. The highest BCUT2D eigenvalue weighted by Gasteiger charge is 2.33. The van der Waals surface area contributed by atoms with Gasteiger partial charge in [0, 0.05) is 6.07 Å². The monoisotopic (exact) mass is 445 g/mol. The highest BCUT2D eigenvalue weighted by atomic mass is 32.2. The second-order valence-electron chi connectivity index (χ2n) is 6.72. The first kappa shape index (κ1) is 22.4. The van der Waals surface area contributed by atoms with E-state index in [1.807, 2.05) is 0 Å². The summed E-state index contributed by atoms with van der Waals surface area (Å²) in [4.78, 5) is -0.412. The number of anilines is 1. The van der Waals surface area contributed by atoms with Gasteiger partial charge in [0.25, 0.3) is 10.0 Å². The molecule has 0 spiro atoms. The Morgan fingerprint density at radius 3 is 2.19 bits per heavy atom. The Balaban J connectivity index is 2.20. The summed E-state index contributed by atoms with van der Waals surface area (Å²) in [5, 5.41) is 0. The molecule has 1 atom stereocenters. The maximum Gasteiger partial charge on any atom is 0.267 e. The van der Waals surface area contributed by atoms with E-state index in [-0.39, 0.29) is 0 Å². The lowest BCUT2D eigenvalue weighted by Crippen LogP contribution is -2.34. The molecular formula is C23H24FNO5S. The zero-order chi connectivity index (χ0) is 22.6. The van der Waals surface area contributed by atoms with Crippen molar-refractivity contribution in [3.63, 3.8) is 0 Å². The molecule has 0 radical (unpaired) electrons. The molecule has 31 heavy (non-hydrogen) atoms. The summed E-state index contributed by atoms with van der Waals surface area (Å²) in [5.41, 5.74) is 0.977. The molecule has 0 saturated heterocycles. The molecule has 3 rings (SSSR count). The lowest BCUT2D eigenvalue weighted by molar-refractivity contribution is 0.354. The van der Waals surface area contributed by atoms with Gasteiger partial charge in [0.2, 0.25) is 0 Å². The number of rotatable bonds is 8. The topological polar surface area (TPSA) is 65.1 Å². The van der Waals surface area contributed by atoms with Gasteiger partial charge < -0.3 is 14.2 Å². The van der Waals surface area contributed by atoms with Gasteiger partial charge in [-0.15, -0.1) is 0 Å². The van der Waals surface area contributed by atoms with Crippen LogP contribution < -0.4 is 18.5 Å². The minimum atomic E-state index is -4.26. The maximum atomic E-state index is 14.5. The van der Waals surface area contributed by atoms with Gasteiger partial charge in [-0.3, -0.25) is 4.31 Å². The first-order valence-electron chi connectivity index (χ1n) is 9.48. The second-order valence-corrected chi connectivity index (χ2v) is 8.51. The fraction of sp³-hybridized carbons (Fsp3) is 0.217. The third-order valence-electron chi connectivity index (χ3n) is 4.92. The first-order valence-corrected chi connectivity index (χ1v) is 10.9. The highest BCUT2D eigenvalue weighted by molar-refractivity contribution is 7.92. The van der Waals surface area contributed by atoms with Crippen LogP contribution in [0.5, 0.6) is 17.2 Å². The second kappa shape index (κ2) is 9.26. The van der Waals surface area contributed by atoms with E-state index >= 15 is 0 Å². The normalized spacial score (nSPS) is 12.2. The summed E-state index contributed by atoms with van der Waals surface area (Å²) in [5.74, 6) is 0.629. The predicted molar refractivity (Wildman–Crippen MR) is 117 cm³/mol. The minimum absolute atomic E-state index is 0.338. The third kappa shape index (κ3) is 4.44.